The highest BCUT2D eigenvalue weighted by molar-refractivity contribution is 6.31. The molecule has 1 saturated heterocycles. The number of aromatic amines is 1. The summed E-state index contributed by atoms with van der Waals surface area (Å²) in [6.07, 6.45) is 0.112. The van der Waals surface area contributed by atoms with Crippen molar-refractivity contribution in [3.8, 4) is 5.69 Å². The summed E-state index contributed by atoms with van der Waals surface area (Å²) >= 11 is 6.22. The summed E-state index contributed by atoms with van der Waals surface area (Å²) in [5.41, 5.74) is 0.519. The van der Waals surface area contributed by atoms with E-state index in [0.29, 0.717) is 11.3 Å². The average Bonchev–Trinajstić information content (AvgIpc) is 2.99. The number of amides is 1. The predicted molar refractivity (Wildman–Crippen MR) is 94.9 cm³/mol. The van der Waals surface area contributed by atoms with Crippen molar-refractivity contribution < 1.29 is 19.0 Å². The Kier molecular flexibility index (Phi) is 4.33. The van der Waals surface area contributed by atoms with Gasteiger partial charge in [0.15, 0.2) is 5.65 Å². The molecule has 1 fully saturated rings. The monoisotopic (exact) mass is 392 g/mol. The highest BCUT2D eigenvalue weighted by Gasteiger charge is 2.30. The largest absolute Gasteiger partial charge is 0.465 e. The van der Waals surface area contributed by atoms with Crippen molar-refractivity contribution in [2.45, 2.75) is 6.04 Å². The molecule has 0 spiro atoms. The number of carboxylic acid groups (broad SMARTS) is 1. The van der Waals surface area contributed by atoms with Gasteiger partial charge in [0, 0.05) is 12.1 Å². The van der Waals surface area contributed by atoms with Gasteiger partial charge in [-0.05, 0) is 18.2 Å². The Morgan fingerprint density at radius 2 is 2.22 bits per heavy atom. The van der Waals surface area contributed by atoms with Crippen LogP contribution in [0.15, 0.2) is 35.4 Å². The fourth-order valence-corrected chi connectivity index (χ4v) is 3.54. The molecule has 0 radical (unpaired) electrons. The van der Waals surface area contributed by atoms with Crippen molar-refractivity contribution in [3.63, 3.8) is 0 Å². The molecule has 1 aromatic carbocycles. The molecule has 1 atom stereocenters. The first-order valence-electron chi connectivity index (χ1n) is 8.09. The van der Waals surface area contributed by atoms with Gasteiger partial charge in [-0.3, -0.25) is 14.3 Å². The summed E-state index contributed by atoms with van der Waals surface area (Å²) < 4.78 is 21.6. The number of nitrogens with zero attached hydrogens (tertiary/aromatic N) is 3. The summed E-state index contributed by atoms with van der Waals surface area (Å²) in [7, 11) is 0. The molecule has 0 saturated carbocycles. The molecule has 0 bridgehead atoms. The second kappa shape index (κ2) is 6.67. The van der Waals surface area contributed by atoms with Crippen LogP contribution < -0.4 is 5.56 Å². The first-order valence-corrected chi connectivity index (χ1v) is 8.47. The molecule has 0 aliphatic carbocycles. The first kappa shape index (κ1) is 17.5. The van der Waals surface area contributed by atoms with Crippen LogP contribution in [0.25, 0.3) is 16.7 Å². The third-order valence-electron chi connectivity index (χ3n) is 4.53. The summed E-state index contributed by atoms with van der Waals surface area (Å²) in [5, 5.41) is 9.82. The Morgan fingerprint density at radius 3 is 2.96 bits per heavy atom. The molecule has 1 aliphatic heterocycles. The number of aromatic nitrogens is 3. The van der Waals surface area contributed by atoms with Crippen LogP contribution in [0.2, 0.25) is 5.15 Å². The second-order valence-electron chi connectivity index (χ2n) is 6.04. The number of hydrogen-bond acceptors (Lipinski definition) is 4. The van der Waals surface area contributed by atoms with Gasteiger partial charge >= 0.3 is 6.09 Å². The van der Waals surface area contributed by atoms with Gasteiger partial charge in [0.05, 0.1) is 36.7 Å². The van der Waals surface area contributed by atoms with E-state index >= 15 is 0 Å². The zero-order chi connectivity index (χ0) is 19.1. The number of halogens is 2. The number of ether oxygens (including phenoxy) is 1. The molecule has 10 heteroatoms. The van der Waals surface area contributed by atoms with E-state index in [-0.39, 0.29) is 41.4 Å². The highest BCUT2D eigenvalue weighted by Crippen LogP contribution is 2.30. The molecule has 3 heterocycles. The van der Waals surface area contributed by atoms with Crippen LogP contribution in [0.3, 0.4) is 0 Å². The Morgan fingerprint density at radius 1 is 1.41 bits per heavy atom. The first-order chi connectivity index (χ1) is 13.0. The SMILES string of the molecule is O=C(O)N1CCOCC1c1ccc(-n2c(Cl)cc3c(=O)[nH]cnc32)cc1F. The molecule has 4 rings (SSSR count). The van der Waals surface area contributed by atoms with Crippen LogP contribution in [0.1, 0.15) is 11.6 Å². The number of benzene rings is 1. The predicted octanol–water partition coefficient (Wildman–Crippen LogP) is 2.56. The molecular weight excluding hydrogens is 379 g/mol. The summed E-state index contributed by atoms with van der Waals surface area (Å²) in [4.78, 5) is 31.0. The van der Waals surface area contributed by atoms with Crippen molar-refractivity contribution in [2.24, 2.45) is 0 Å². The zero-order valence-electron chi connectivity index (χ0n) is 13.9. The summed E-state index contributed by atoms with van der Waals surface area (Å²) in [5.74, 6) is -0.600. The topological polar surface area (TPSA) is 100 Å². The lowest BCUT2D eigenvalue weighted by atomic mass is 10.0. The zero-order valence-corrected chi connectivity index (χ0v) is 14.6. The minimum atomic E-state index is -1.13. The smallest absolute Gasteiger partial charge is 0.407 e. The molecule has 1 amide bonds. The molecule has 27 heavy (non-hydrogen) atoms. The normalized spacial score (nSPS) is 17.4. The fourth-order valence-electron chi connectivity index (χ4n) is 3.26. The number of carbonyl (C=O) groups is 1. The molecule has 2 N–H and O–H groups in total. The highest BCUT2D eigenvalue weighted by atomic mass is 35.5. The molecule has 1 unspecified atom stereocenters. The second-order valence-corrected chi connectivity index (χ2v) is 6.43. The number of morpholine rings is 1. The number of hydrogen-bond donors (Lipinski definition) is 2. The van der Waals surface area contributed by atoms with Gasteiger partial charge in [0.1, 0.15) is 11.0 Å². The maximum Gasteiger partial charge on any atom is 0.407 e. The number of nitrogens with one attached hydrogen (secondary N) is 1. The third-order valence-corrected chi connectivity index (χ3v) is 4.81. The van der Waals surface area contributed by atoms with Crippen LogP contribution in [0.5, 0.6) is 0 Å². The van der Waals surface area contributed by atoms with E-state index in [4.69, 9.17) is 16.3 Å². The average molecular weight is 393 g/mol. The lowest BCUT2D eigenvalue weighted by Gasteiger charge is -2.33. The van der Waals surface area contributed by atoms with Crippen LogP contribution in [0, 0.1) is 5.82 Å². The van der Waals surface area contributed by atoms with Gasteiger partial charge in [0.2, 0.25) is 0 Å². The van der Waals surface area contributed by atoms with E-state index in [0.717, 1.165) is 4.90 Å². The van der Waals surface area contributed by atoms with E-state index in [2.05, 4.69) is 9.97 Å². The number of rotatable bonds is 2. The standard InChI is InChI=1S/C17H14ClFN4O4/c18-14-6-11-15(20-8-21-16(11)24)23(14)9-1-2-10(12(19)5-9)13-7-27-4-3-22(13)17(25)26/h1-2,5-6,8,13H,3-4,7H2,(H,25,26)(H,20,21,24). The maximum absolute atomic E-state index is 14.9. The summed E-state index contributed by atoms with van der Waals surface area (Å²) in [6, 6.07) is 5.05. The van der Waals surface area contributed by atoms with Gasteiger partial charge in [-0.1, -0.05) is 17.7 Å². The van der Waals surface area contributed by atoms with Gasteiger partial charge in [-0.25, -0.2) is 14.2 Å². The van der Waals surface area contributed by atoms with Gasteiger partial charge < -0.3 is 14.8 Å². The van der Waals surface area contributed by atoms with E-state index < -0.39 is 18.0 Å². The Labute approximate surface area is 156 Å². The Balaban J connectivity index is 1.79. The molecular formula is C17H14ClFN4O4. The number of H-pyrrole nitrogens is 1. The maximum atomic E-state index is 14.9. The minimum Gasteiger partial charge on any atom is -0.465 e. The van der Waals surface area contributed by atoms with Gasteiger partial charge in [-0.2, -0.15) is 0 Å². The van der Waals surface area contributed by atoms with E-state index in [1.807, 2.05) is 0 Å². The van der Waals surface area contributed by atoms with Crippen LogP contribution >= 0.6 is 11.6 Å². The molecule has 140 valence electrons. The van der Waals surface area contributed by atoms with Gasteiger partial charge in [0.25, 0.3) is 5.56 Å². The lowest BCUT2D eigenvalue weighted by molar-refractivity contribution is -0.00197. The molecule has 8 nitrogen and oxygen atoms in total. The molecule has 3 aromatic rings. The van der Waals surface area contributed by atoms with Crippen molar-refractivity contribution in [2.75, 3.05) is 19.8 Å². The fraction of sp³-hybridized carbons (Fsp3) is 0.235. The minimum absolute atomic E-state index is 0.0761. The quantitative estimate of drug-likeness (QED) is 0.698. The van der Waals surface area contributed by atoms with Crippen molar-refractivity contribution in [3.05, 3.63) is 57.5 Å². The lowest BCUT2D eigenvalue weighted by Crippen LogP contribution is -2.43. The van der Waals surface area contributed by atoms with E-state index in [1.54, 1.807) is 6.07 Å². The van der Waals surface area contributed by atoms with Gasteiger partial charge in [-0.15, -0.1) is 0 Å². The van der Waals surface area contributed by atoms with Crippen molar-refractivity contribution in [1.82, 2.24) is 19.4 Å². The summed E-state index contributed by atoms with van der Waals surface area (Å²) in [6.45, 7) is 0.516. The van der Waals surface area contributed by atoms with E-state index in [9.17, 15) is 19.1 Å². The molecule has 1 aliphatic rings. The van der Waals surface area contributed by atoms with Crippen LogP contribution in [-0.2, 0) is 4.74 Å². The van der Waals surface area contributed by atoms with Crippen molar-refractivity contribution in [1.29, 1.82) is 0 Å². The molecule has 2 aromatic heterocycles. The van der Waals surface area contributed by atoms with E-state index in [1.165, 1.54) is 29.1 Å². The third kappa shape index (κ3) is 2.94. The van der Waals surface area contributed by atoms with Crippen LogP contribution in [0.4, 0.5) is 9.18 Å². The Hall–Kier alpha value is -2.91. The number of fused-ring (bicyclic) bond motifs is 1. The van der Waals surface area contributed by atoms with Crippen LogP contribution in [-0.4, -0.2) is 50.4 Å². The van der Waals surface area contributed by atoms with Crippen molar-refractivity contribution >= 4 is 28.7 Å². The Bertz CT molecular complexity index is 1100.